The average molecular weight is 172 g/mol. The highest BCUT2D eigenvalue weighted by molar-refractivity contribution is 5.46. The predicted octanol–water partition coefficient (Wildman–Crippen LogP) is 3.36. The molecule has 0 aliphatic heterocycles. The predicted molar refractivity (Wildman–Crippen MR) is 55.0 cm³/mol. The van der Waals surface area contributed by atoms with Crippen LogP contribution in [0.4, 0.5) is 0 Å². The summed E-state index contributed by atoms with van der Waals surface area (Å²) < 4.78 is 0. The number of benzene rings is 1. The minimum Gasteiger partial charge on any atom is -0.0617 e. The van der Waals surface area contributed by atoms with Gasteiger partial charge in [0, 0.05) is 0 Å². The summed E-state index contributed by atoms with van der Waals surface area (Å²) in [6.45, 7) is 2.28. The smallest absolute Gasteiger partial charge is 0.00385 e. The van der Waals surface area contributed by atoms with E-state index >= 15 is 0 Å². The number of aryl methyl sites for hydroxylation is 2. The molecule has 0 aromatic heterocycles. The molecule has 0 N–H and O–H groups in total. The lowest BCUT2D eigenvalue weighted by Crippen LogP contribution is -2.32. The van der Waals surface area contributed by atoms with Crippen molar-refractivity contribution in [3.05, 3.63) is 34.9 Å². The minimum atomic E-state index is 0.640. The first-order valence-corrected chi connectivity index (χ1v) is 5.41. The van der Waals surface area contributed by atoms with Gasteiger partial charge in [0.15, 0.2) is 0 Å². The second-order valence-corrected chi connectivity index (χ2v) is 4.74. The van der Waals surface area contributed by atoms with Gasteiger partial charge in [-0.05, 0) is 54.7 Å². The molecule has 0 saturated heterocycles. The fraction of sp³-hybridized carbons (Fsp3) is 0.538. The zero-order chi connectivity index (χ0) is 8.89. The van der Waals surface area contributed by atoms with E-state index in [1.807, 2.05) is 0 Å². The first-order chi connectivity index (χ1) is 6.32. The highest BCUT2D eigenvalue weighted by atomic mass is 14.5. The van der Waals surface area contributed by atoms with Crippen molar-refractivity contribution >= 4 is 0 Å². The van der Waals surface area contributed by atoms with Crippen LogP contribution in [0.2, 0.25) is 0 Å². The summed E-state index contributed by atoms with van der Waals surface area (Å²) in [6, 6.07) is 6.82. The molecule has 0 heteroatoms. The summed E-state index contributed by atoms with van der Waals surface area (Å²) in [5.41, 5.74) is 5.54. The number of fused-ring (bicyclic) bond motifs is 2. The molecule has 1 fully saturated rings. The summed E-state index contributed by atoms with van der Waals surface area (Å²) in [5.74, 6) is 0. The lowest BCUT2D eigenvalue weighted by molar-refractivity contribution is 0.243. The van der Waals surface area contributed by atoms with Gasteiger partial charge in [-0.3, -0.25) is 0 Å². The highest BCUT2D eigenvalue weighted by Gasteiger charge is 2.43. The third-order valence-electron chi connectivity index (χ3n) is 4.07. The van der Waals surface area contributed by atoms with Crippen molar-refractivity contribution in [1.29, 1.82) is 0 Å². The van der Waals surface area contributed by atoms with E-state index in [0.29, 0.717) is 5.41 Å². The van der Waals surface area contributed by atoms with Crippen molar-refractivity contribution in [2.24, 2.45) is 0 Å². The van der Waals surface area contributed by atoms with E-state index in [-0.39, 0.29) is 0 Å². The highest BCUT2D eigenvalue weighted by Crippen LogP contribution is 2.53. The Balaban J connectivity index is 2.19. The van der Waals surface area contributed by atoms with Gasteiger partial charge in [-0.25, -0.2) is 0 Å². The molecule has 0 amide bonds. The van der Waals surface area contributed by atoms with Gasteiger partial charge in [0.25, 0.3) is 0 Å². The Morgan fingerprint density at radius 1 is 1.15 bits per heavy atom. The van der Waals surface area contributed by atoms with Crippen molar-refractivity contribution in [1.82, 2.24) is 0 Å². The van der Waals surface area contributed by atoms with Crippen LogP contribution < -0.4 is 0 Å². The minimum absolute atomic E-state index is 0.640. The third-order valence-corrected chi connectivity index (χ3v) is 4.07. The van der Waals surface area contributed by atoms with Crippen LogP contribution in [-0.2, 0) is 11.8 Å². The molecular formula is C13H16. The number of hydrogen-bond donors (Lipinski definition) is 0. The Labute approximate surface area is 80.0 Å². The molecule has 1 spiro atoms. The molecule has 1 aromatic rings. The van der Waals surface area contributed by atoms with E-state index in [4.69, 9.17) is 0 Å². The van der Waals surface area contributed by atoms with Crippen molar-refractivity contribution in [3.63, 3.8) is 0 Å². The number of hydrogen-bond acceptors (Lipinski definition) is 0. The van der Waals surface area contributed by atoms with Crippen LogP contribution in [0.5, 0.6) is 0 Å². The van der Waals surface area contributed by atoms with Crippen molar-refractivity contribution in [2.75, 3.05) is 0 Å². The number of rotatable bonds is 0. The molecule has 0 unspecified atom stereocenters. The van der Waals surface area contributed by atoms with Gasteiger partial charge in [-0.2, -0.15) is 0 Å². The molecule has 3 rings (SSSR count). The van der Waals surface area contributed by atoms with E-state index in [1.54, 1.807) is 11.1 Å². The van der Waals surface area contributed by atoms with Crippen molar-refractivity contribution in [2.45, 2.75) is 44.4 Å². The van der Waals surface area contributed by atoms with Crippen LogP contribution in [0, 0.1) is 6.92 Å². The largest absolute Gasteiger partial charge is 0.0617 e. The second-order valence-electron chi connectivity index (χ2n) is 4.74. The SMILES string of the molecule is Cc1cccc2c1C1(CCC1)CC2. The van der Waals surface area contributed by atoms with Gasteiger partial charge in [0.2, 0.25) is 0 Å². The lowest BCUT2D eigenvalue weighted by Gasteiger charge is -2.40. The maximum absolute atomic E-state index is 2.33. The monoisotopic (exact) mass is 172 g/mol. The normalized spacial score (nSPS) is 22.8. The first-order valence-electron chi connectivity index (χ1n) is 5.41. The summed E-state index contributed by atoms with van der Waals surface area (Å²) in [7, 11) is 0. The Kier molecular flexibility index (Phi) is 1.39. The first kappa shape index (κ1) is 7.61. The van der Waals surface area contributed by atoms with Crippen LogP contribution >= 0.6 is 0 Å². The van der Waals surface area contributed by atoms with Crippen LogP contribution in [0.3, 0.4) is 0 Å². The fourth-order valence-corrected chi connectivity index (χ4v) is 3.30. The maximum atomic E-state index is 2.33. The van der Waals surface area contributed by atoms with E-state index in [1.165, 1.54) is 37.7 Å². The zero-order valence-electron chi connectivity index (χ0n) is 8.27. The Bertz CT molecular complexity index is 345. The lowest BCUT2D eigenvalue weighted by atomic mass is 9.64. The Morgan fingerprint density at radius 3 is 2.69 bits per heavy atom. The average Bonchev–Trinajstić information content (AvgIpc) is 2.44. The van der Waals surface area contributed by atoms with Gasteiger partial charge in [0.1, 0.15) is 0 Å². The van der Waals surface area contributed by atoms with Gasteiger partial charge in [-0.15, -0.1) is 0 Å². The molecule has 13 heavy (non-hydrogen) atoms. The van der Waals surface area contributed by atoms with E-state index in [9.17, 15) is 0 Å². The standard InChI is InChI=1S/C13H16/c1-10-4-2-5-11-6-9-13(12(10)11)7-3-8-13/h2,4-5H,3,6-9H2,1H3. The molecule has 2 aliphatic carbocycles. The van der Waals surface area contributed by atoms with Crippen LogP contribution in [0.15, 0.2) is 18.2 Å². The van der Waals surface area contributed by atoms with Crippen molar-refractivity contribution < 1.29 is 0 Å². The quantitative estimate of drug-likeness (QED) is 0.563. The summed E-state index contributed by atoms with van der Waals surface area (Å²) in [6.07, 6.45) is 7.10. The molecule has 0 radical (unpaired) electrons. The Hall–Kier alpha value is -0.780. The second kappa shape index (κ2) is 2.37. The van der Waals surface area contributed by atoms with Crippen molar-refractivity contribution in [3.8, 4) is 0 Å². The topological polar surface area (TPSA) is 0 Å². The third kappa shape index (κ3) is 0.864. The molecule has 0 atom stereocenters. The zero-order valence-corrected chi connectivity index (χ0v) is 8.27. The molecule has 1 saturated carbocycles. The molecular weight excluding hydrogens is 156 g/mol. The fourth-order valence-electron chi connectivity index (χ4n) is 3.30. The van der Waals surface area contributed by atoms with E-state index in [0.717, 1.165) is 0 Å². The van der Waals surface area contributed by atoms with E-state index in [2.05, 4.69) is 25.1 Å². The molecule has 0 nitrogen and oxygen atoms in total. The summed E-state index contributed by atoms with van der Waals surface area (Å²) in [5, 5.41) is 0. The van der Waals surface area contributed by atoms with E-state index < -0.39 is 0 Å². The maximum Gasteiger partial charge on any atom is -0.00385 e. The van der Waals surface area contributed by atoms with Gasteiger partial charge < -0.3 is 0 Å². The summed E-state index contributed by atoms with van der Waals surface area (Å²) >= 11 is 0. The molecule has 2 aliphatic rings. The molecule has 68 valence electrons. The van der Waals surface area contributed by atoms with Gasteiger partial charge in [-0.1, -0.05) is 24.6 Å². The molecule has 0 heterocycles. The molecule has 1 aromatic carbocycles. The van der Waals surface area contributed by atoms with Crippen LogP contribution in [0.25, 0.3) is 0 Å². The summed E-state index contributed by atoms with van der Waals surface area (Å²) in [4.78, 5) is 0. The Morgan fingerprint density at radius 2 is 2.00 bits per heavy atom. The van der Waals surface area contributed by atoms with Crippen LogP contribution in [-0.4, -0.2) is 0 Å². The van der Waals surface area contributed by atoms with Crippen LogP contribution in [0.1, 0.15) is 42.4 Å². The van der Waals surface area contributed by atoms with Gasteiger partial charge >= 0.3 is 0 Å². The molecule has 0 bridgehead atoms. The van der Waals surface area contributed by atoms with Gasteiger partial charge in [0.05, 0.1) is 0 Å².